The molecule has 2 rings (SSSR count). The van der Waals surface area contributed by atoms with Gasteiger partial charge in [-0.05, 0) is 13.5 Å². The third-order valence-corrected chi connectivity index (χ3v) is 2.92. The van der Waals surface area contributed by atoms with Crippen LogP contribution in [-0.4, -0.2) is 33.3 Å². The molecule has 1 aromatic heterocycles. The molecule has 4 heteroatoms. The van der Waals surface area contributed by atoms with E-state index in [1.165, 1.54) is 0 Å². The molecule has 1 atom stereocenters. The Balaban J connectivity index is 2.23. The third-order valence-electron chi connectivity index (χ3n) is 2.92. The van der Waals surface area contributed by atoms with Gasteiger partial charge in [0.2, 0.25) is 0 Å². The summed E-state index contributed by atoms with van der Waals surface area (Å²) in [5, 5.41) is 4.53. The van der Waals surface area contributed by atoms with E-state index in [1.54, 1.807) is 0 Å². The first kappa shape index (κ1) is 9.65. The summed E-state index contributed by atoms with van der Waals surface area (Å²) < 4.78 is 2.06. The van der Waals surface area contributed by atoms with Crippen LogP contribution in [0.25, 0.3) is 0 Å². The second-order valence-corrected chi connectivity index (χ2v) is 4.16. The predicted molar refractivity (Wildman–Crippen MR) is 55.1 cm³/mol. The second kappa shape index (κ2) is 3.69. The summed E-state index contributed by atoms with van der Waals surface area (Å²) in [7, 11) is 2.13. The number of nitrogens with zero attached hydrogens (tertiary/aromatic N) is 4. The Morgan fingerprint density at radius 1 is 1.43 bits per heavy atom. The third kappa shape index (κ3) is 1.66. The van der Waals surface area contributed by atoms with Crippen molar-refractivity contribution in [3.63, 3.8) is 0 Å². The minimum atomic E-state index is 0.485. The molecule has 0 saturated carbocycles. The van der Waals surface area contributed by atoms with Gasteiger partial charge in [-0.3, -0.25) is 4.90 Å². The Kier molecular flexibility index (Phi) is 2.54. The molecule has 2 heterocycles. The van der Waals surface area contributed by atoms with E-state index in [4.69, 9.17) is 0 Å². The first-order valence-electron chi connectivity index (χ1n) is 5.33. The number of likely N-dealkylation sites (N-methyl/N-ethyl adjacent to an activating group) is 1. The predicted octanol–water partition coefficient (Wildman–Crippen LogP) is 1.24. The summed E-state index contributed by atoms with van der Waals surface area (Å²) in [6.07, 6.45) is 1.11. The number of fused-ring (bicyclic) bond motifs is 1. The Morgan fingerprint density at radius 2 is 2.21 bits per heavy atom. The van der Waals surface area contributed by atoms with Crippen molar-refractivity contribution in [3.05, 3.63) is 11.6 Å². The summed E-state index contributed by atoms with van der Waals surface area (Å²) in [4.78, 5) is 6.86. The van der Waals surface area contributed by atoms with Crippen LogP contribution in [0.5, 0.6) is 0 Å². The van der Waals surface area contributed by atoms with Crippen LogP contribution in [0.2, 0.25) is 0 Å². The van der Waals surface area contributed by atoms with Gasteiger partial charge in [0, 0.05) is 12.5 Å². The van der Waals surface area contributed by atoms with Crippen molar-refractivity contribution in [2.75, 3.05) is 13.6 Å². The maximum Gasteiger partial charge on any atom is 0.153 e. The molecule has 0 radical (unpaired) electrons. The molecule has 4 nitrogen and oxygen atoms in total. The SMILES string of the molecule is CCC(C)c1nc2n(n1)CCN(C)C2. The molecule has 0 spiro atoms. The van der Waals surface area contributed by atoms with E-state index in [0.717, 1.165) is 37.7 Å². The summed E-state index contributed by atoms with van der Waals surface area (Å²) in [5.74, 6) is 2.62. The van der Waals surface area contributed by atoms with Crippen molar-refractivity contribution in [3.8, 4) is 0 Å². The molecule has 0 saturated heterocycles. The van der Waals surface area contributed by atoms with Crippen molar-refractivity contribution < 1.29 is 0 Å². The largest absolute Gasteiger partial charge is 0.297 e. The Morgan fingerprint density at radius 3 is 2.93 bits per heavy atom. The highest BCUT2D eigenvalue weighted by Crippen LogP contribution is 2.17. The average molecular weight is 194 g/mol. The maximum atomic E-state index is 4.58. The van der Waals surface area contributed by atoms with Gasteiger partial charge in [0.05, 0.1) is 13.1 Å². The van der Waals surface area contributed by atoms with Gasteiger partial charge in [-0.2, -0.15) is 5.10 Å². The zero-order valence-corrected chi connectivity index (χ0v) is 9.19. The van der Waals surface area contributed by atoms with Gasteiger partial charge in [0.1, 0.15) is 5.82 Å². The molecule has 0 aromatic carbocycles. The standard InChI is InChI=1S/C10H18N4/c1-4-8(2)10-11-9-7-13(3)5-6-14(9)12-10/h8H,4-7H2,1-3H3. The molecule has 0 fully saturated rings. The molecule has 0 N–H and O–H groups in total. The molecule has 14 heavy (non-hydrogen) atoms. The molecule has 78 valence electrons. The lowest BCUT2D eigenvalue weighted by Gasteiger charge is -2.21. The fourth-order valence-corrected chi connectivity index (χ4v) is 1.67. The highest BCUT2D eigenvalue weighted by atomic mass is 15.4. The lowest BCUT2D eigenvalue weighted by molar-refractivity contribution is 0.254. The lowest BCUT2D eigenvalue weighted by atomic mass is 10.1. The van der Waals surface area contributed by atoms with Crippen molar-refractivity contribution in [1.82, 2.24) is 19.7 Å². The van der Waals surface area contributed by atoms with Crippen molar-refractivity contribution >= 4 is 0 Å². The van der Waals surface area contributed by atoms with Crippen LogP contribution in [0.4, 0.5) is 0 Å². The van der Waals surface area contributed by atoms with Crippen LogP contribution in [0.3, 0.4) is 0 Å². The molecule has 1 aromatic rings. The minimum absolute atomic E-state index is 0.485. The van der Waals surface area contributed by atoms with Crippen molar-refractivity contribution in [1.29, 1.82) is 0 Å². The van der Waals surface area contributed by atoms with E-state index >= 15 is 0 Å². The molecule has 0 amide bonds. The topological polar surface area (TPSA) is 34.0 Å². The van der Waals surface area contributed by atoms with Gasteiger partial charge in [-0.25, -0.2) is 9.67 Å². The highest BCUT2D eigenvalue weighted by Gasteiger charge is 2.18. The van der Waals surface area contributed by atoms with Gasteiger partial charge in [0.25, 0.3) is 0 Å². The van der Waals surface area contributed by atoms with E-state index in [9.17, 15) is 0 Å². The smallest absolute Gasteiger partial charge is 0.153 e. The number of hydrogen-bond acceptors (Lipinski definition) is 3. The monoisotopic (exact) mass is 194 g/mol. The van der Waals surface area contributed by atoms with E-state index in [2.05, 4.69) is 40.6 Å². The maximum absolute atomic E-state index is 4.58. The molecule has 1 aliphatic rings. The average Bonchev–Trinajstić information content (AvgIpc) is 2.59. The fourth-order valence-electron chi connectivity index (χ4n) is 1.67. The van der Waals surface area contributed by atoms with Crippen molar-refractivity contribution in [2.24, 2.45) is 0 Å². The minimum Gasteiger partial charge on any atom is -0.297 e. The van der Waals surface area contributed by atoms with Gasteiger partial charge in [-0.15, -0.1) is 0 Å². The normalized spacial score (nSPS) is 19.4. The molecular formula is C10H18N4. The lowest BCUT2D eigenvalue weighted by Crippen LogP contribution is -2.30. The number of hydrogen-bond donors (Lipinski definition) is 0. The molecule has 1 unspecified atom stereocenters. The van der Waals surface area contributed by atoms with Gasteiger partial charge in [-0.1, -0.05) is 13.8 Å². The molecule has 1 aliphatic heterocycles. The zero-order valence-electron chi connectivity index (χ0n) is 9.19. The Hall–Kier alpha value is -0.900. The number of rotatable bonds is 2. The summed E-state index contributed by atoms with van der Waals surface area (Å²) in [6.45, 7) is 7.36. The van der Waals surface area contributed by atoms with E-state index in [0.29, 0.717) is 5.92 Å². The first-order chi connectivity index (χ1) is 6.70. The fraction of sp³-hybridized carbons (Fsp3) is 0.800. The van der Waals surface area contributed by atoms with Gasteiger partial charge < -0.3 is 0 Å². The van der Waals surface area contributed by atoms with Crippen LogP contribution in [0, 0.1) is 0 Å². The molecule has 0 bridgehead atoms. The van der Waals surface area contributed by atoms with Crippen LogP contribution in [0.15, 0.2) is 0 Å². The molecular weight excluding hydrogens is 176 g/mol. The van der Waals surface area contributed by atoms with Crippen LogP contribution in [0.1, 0.15) is 37.8 Å². The summed E-state index contributed by atoms with van der Waals surface area (Å²) in [6, 6.07) is 0. The van der Waals surface area contributed by atoms with Crippen LogP contribution >= 0.6 is 0 Å². The second-order valence-electron chi connectivity index (χ2n) is 4.16. The first-order valence-corrected chi connectivity index (χ1v) is 5.33. The quantitative estimate of drug-likeness (QED) is 0.710. The molecule has 0 aliphatic carbocycles. The Bertz CT molecular complexity index is 318. The van der Waals surface area contributed by atoms with Gasteiger partial charge in [0.15, 0.2) is 5.82 Å². The van der Waals surface area contributed by atoms with E-state index < -0.39 is 0 Å². The highest BCUT2D eigenvalue weighted by molar-refractivity contribution is 4.99. The van der Waals surface area contributed by atoms with Crippen molar-refractivity contribution in [2.45, 2.75) is 39.3 Å². The van der Waals surface area contributed by atoms with E-state index in [-0.39, 0.29) is 0 Å². The van der Waals surface area contributed by atoms with Crippen LogP contribution in [-0.2, 0) is 13.1 Å². The zero-order chi connectivity index (χ0) is 10.1. The summed E-state index contributed by atoms with van der Waals surface area (Å²) in [5.41, 5.74) is 0. The summed E-state index contributed by atoms with van der Waals surface area (Å²) >= 11 is 0. The van der Waals surface area contributed by atoms with Crippen LogP contribution < -0.4 is 0 Å². The Labute approximate surface area is 84.9 Å². The van der Waals surface area contributed by atoms with E-state index in [1.807, 2.05) is 0 Å². The number of aromatic nitrogens is 3. The van der Waals surface area contributed by atoms with Gasteiger partial charge >= 0.3 is 0 Å².